The molecule has 5 heteroatoms. The van der Waals surface area contributed by atoms with Crippen LogP contribution in [0.15, 0.2) is 73.6 Å². The van der Waals surface area contributed by atoms with Gasteiger partial charge in [0.25, 0.3) is 5.91 Å². The van der Waals surface area contributed by atoms with E-state index in [9.17, 15) is 4.79 Å². The Bertz CT molecular complexity index is 1200. The molecule has 1 atom stereocenters. The second-order valence-electron chi connectivity index (χ2n) is 8.42. The van der Waals surface area contributed by atoms with E-state index in [-0.39, 0.29) is 5.91 Å². The van der Waals surface area contributed by atoms with Crippen LogP contribution in [-0.2, 0) is 6.42 Å². The van der Waals surface area contributed by atoms with Crippen molar-refractivity contribution in [2.75, 3.05) is 13.1 Å². The highest BCUT2D eigenvalue weighted by Gasteiger charge is 2.19. The van der Waals surface area contributed by atoms with Gasteiger partial charge in [0.2, 0.25) is 0 Å². The van der Waals surface area contributed by atoms with Crippen molar-refractivity contribution in [3.05, 3.63) is 84.7 Å². The number of likely N-dealkylation sites (tertiary alicyclic amines) is 1. The standard InChI is InChI=1S/C26H26N4O/c1-19-3-2-11-29(19)12-10-20-4-6-21(7-5-20)22-8-9-23-16-30(17-24(23)13-22)26(31)25-14-27-18-28-15-25/h4-9,13-19H,2-3,10-12H2,1H3/t19-/m1/s1. The molecule has 2 aromatic heterocycles. The lowest BCUT2D eigenvalue weighted by atomic mass is 10.0. The molecule has 1 aliphatic rings. The molecule has 1 fully saturated rings. The Balaban J connectivity index is 1.32. The number of rotatable bonds is 5. The second-order valence-corrected chi connectivity index (χ2v) is 8.42. The van der Waals surface area contributed by atoms with Crippen LogP contribution in [0.25, 0.3) is 21.9 Å². The van der Waals surface area contributed by atoms with Crippen LogP contribution >= 0.6 is 0 Å². The molecule has 0 spiro atoms. The average Bonchev–Trinajstić information content (AvgIpc) is 3.43. The summed E-state index contributed by atoms with van der Waals surface area (Å²) in [6, 6.07) is 15.9. The number of aromatic nitrogens is 3. The lowest BCUT2D eigenvalue weighted by Crippen LogP contribution is -2.28. The van der Waals surface area contributed by atoms with Crippen molar-refractivity contribution in [1.29, 1.82) is 0 Å². The molecule has 0 bridgehead atoms. The van der Waals surface area contributed by atoms with Crippen molar-refractivity contribution in [2.24, 2.45) is 0 Å². The van der Waals surface area contributed by atoms with Gasteiger partial charge in [-0.25, -0.2) is 9.97 Å². The predicted molar refractivity (Wildman–Crippen MR) is 123 cm³/mol. The summed E-state index contributed by atoms with van der Waals surface area (Å²) >= 11 is 0. The van der Waals surface area contributed by atoms with Crippen LogP contribution in [0.4, 0.5) is 0 Å². The molecule has 1 saturated heterocycles. The van der Waals surface area contributed by atoms with Crippen LogP contribution in [0.3, 0.4) is 0 Å². The van der Waals surface area contributed by atoms with E-state index in [0.29, 0.717) is 5.56 Å². The third-order valence-corrected chi connectivity index (χ3v) is 6.35. The fourth-order valence-corrected chi connectivity index (χ4v) is 4.46. The predicted octanol–water partition coefficient (Wildman–Crippen LogP) is 4.81. The monoisotopic (exact) mass is 410 g/mol. The topological polar surface area (TPSA) is 51.0 Å². The average molecular weight is 411 g/mol. The van der Waals surface area contributed by atoms with Crippen LogP contribution in [0, 0.1) is 0 Å². The zero-order valence-electron chi connectivity index (χ0n) is 17.7. The van der Waals surface area contributed by atoms with E-state index in [1.54, 1.807) is 4.57 Å². The highest BCUT2D eigenvalue weighted by atomic mass is 16.2. The molecule has 0 saturated carbocycles. The molecule has 4 aromatic rings. The molecular formula is C26H26N4O. The molecule has 3 heterocycles. The van der Waals surface area contributed by atoms with Gasteiger partial charge < -0.3 is 4.90 Å². The molecule has 0 amide bonds. The van der Waals surface area contributed by atoms with Crippen LogP contribution in [0.5, 0.6) is 0 Å². The summed E-state index contributed by atoms with van der Waals surface area (Å²) in [5.41, 5.74) is 4.20. The summed E-state index contributed by atoms with van der Waals surface area (Å²) in [6.45, 7) is 4.71. The second kappa shape index (κ2) is 8.44. The maximum atomic E-state index is 12.7. The normalized spacial score (nSPS) is 16.7. The van der Waals surface area contributed by atoms with Crippen LogP contribution in [0.2, 0.25) is 0 Å². The summed E-state index contributed by atoms with van der Waals surface area (Å²) in [6.07, 6.45) is 12.0. The van der Waals surface area contributed by atoms with Crippen molar-refractivity contribution >= 4 is 16.7 Å². The summed E-state index contributed by atoms with van der Waals surface area (Å²) in [4.78, 5) is 23.1. The lowest BCUT2D eigenvalue weighted by Gasteiger charge is -2.20. The zero-order valence-corrected chi connectivity index (χ0v) is 17.7. The molecule has 0 unspecified atom stereocenters. The third kappa shape index (κ3) is 4.14. The van der Waals surface area contributed by atoms with Crippen molar-refractivity contribution in [3.8, 4) is 11.1 Å². The largest absolute Gasteiger partial charge is 0.300 e. The number of hydrogen-bond acceptors (Lipinski definition) is 4. The van der Waals surface area contributed by atoms with Gasteiger partial charge in [0.1, 0.15) is 6.33 Å². The Morgan fingerprint density at radius 3 is 2.48 bits per heavy atom. The zero-order chi connectivity index (χ0) is 21.2. The first-order valence-electron chi connectivity index (χ1n) is 10.9. The van der Waals surface area contributed by atoms with Gasteiger partial charge in [-0.2, -0.15) is 0 Å². The van der Waals surface area contributed by atoms with E-state index >= 15 is 0 Å². The molecule has 0 aliphatic carbocycles. The van der Waals surface area contributed by atoms with E-state index < -0.39 is 0 Å². The minimum absolute atomic E-state index is 0.130. The fraction of sp³-hybridized carbons (Fsp3) is 0.269. The van der Waals surface area contributed by atoms with E-state index in [4.69, 9.17) is 0 Å². The molecule has 5 nitrogen and oxygen atoms in total. The van der Waals surface area contributed by atoms with Crippen LogP contribution in [0.1, 0.15) is 35.7 Å². The Kier molecular flexibility index (Phi) is 5.35. The summed E-state index contributed by atoms with van der Waals surface area (Å²) < 4.78 is 1.61. The summed E-state index contributed by atoms with van der Waals surface area (Å²) in [7, 11) is 0. The highest BCUT2D eigenvalue weighted by molar-refractivity contribution is 5.99. The van der Waals surface area contributed by atoms with E-state index in [0.717, 1.165) is 35.3 Å². The summed E-state index contributed by atoms with van der Waals surface area (Å²) in [5.74, 6) is -0.130. The highest BCUT2D eigenvalue weighted by Crippen LogP contribution is 2.26. The smallest absolute Gasteiger partial charge is 0.265 e. The molecule has 156 valence electrons. The van der Waals surface area contributed by atoms with Gasteiger partial charge >= 0.3 is 0 Å². The molecule has 0 radical (unpaired) electrons. The number of hydrogen-bond donors (Lipinski definition) is 0. The van der Waals surface area contributed by atoms with Crippen molar-refractivity contribution in [1.82, 2.24) is 19.4 Å². The first-order valence-corrected chi connectivity index (χ1v) is 10.9. The molecule has 5 rings (SSSR count). The maximum Gasteiger partial charge on any atom is 0.265 e. The minimum atomic E-state index is -0.130. The van der Waals surface area contributed by atoms with Gasteiger partial charge in [0.05, 0.1) is 5.56 Å². The Hall–Kier alpha value is -3.31. The number of nitrogens with zero attached hydrogens (tertiary/aromatic N) is 4. The maximum absolute atomic E-state index is 12.7. The number of benzene rings is 2. The first kappa shape index (κ1) is 19.6. The Labute approximate surface area is 182 Å². The van der Waals surface area contributed by atoms with Crippen LogP contribution in [-0.4, -0.2) is 44.5 Å². The molecule has 1 aliphatic heterocycles. The molecule has 0 N–H and O–H groups in total. The summed E-state index contributed by atoms with van der Waals surface area (Å²) in [5, 5.41) is 2.07. The van der Waals surface area contributed by atoms with Gasteiger partial charge in [-0.15, -0.1) is 0 Å². The number of carbonyl (C=O) groups is 1. The third-order valence-electron chi connectivity index (χ3n) is 6.35. The number of fused-ring (bicyclic) bond motifs is 1. The number of carbonyl (C=O) groups excluding carboxylic acids is 1. The van der Waals surface area contributed by atoms with Gasteiger partial charge in [0.15, 0.2) is 0 Å². The van der Waals surface area contributed by atoms with E-state index in [1.165, 1.54) is 49.2 Å². The molecular weight excluding hydrogens is 384 g/mol. The quantitative estimate of drug-likeness (QED) is 0.474. The van der Waals surface area contributed by atoms with Crippen LogP contribution < -0.4 is 0 Å². The molecule has 31 heavy (non-hydrogen) atoms. The SMILES string of the molecule is C[C@@H]1CCCN1CCc1ccc(-c2ccc3cn(C(=O)c4cncnc4)cc3c2)cc1. The van der Waals surface area contributed by atoms with Gasteiger partial charge in [-0.05, 0) is 60.9 Å². The minimum Gasteiger partial charge on any atom is -0.300 e. The van der Waals surface area contributed by atoms with Crippen molar-refractivity contribution in [3.63, 3.8) is 0 Å². The van der Waals surface area contributed by atoms with Gasteiger partial charge in [0, 0.05) is 42.8 Å². The van der Waals surface area contributed by atoms with Crippen molar-refractivity contribution < 1.29 is 4.79 Å². The lowest BCUT2D eigenvalue weighted by molar-refractivity contribution is 0.0960. The van der Waals surface area contributed by atoms with Gasteiger partial charge in [-0.1, -0.05) is 36.4 Å². The van der Waals surface area contributed by atoms with Crippen molar-refractivity contribution in [2.45, 2.75) is 32.2 Å². The Morgan fingerprint density at radius 2 is 1.74 bits per heavy atom. The fourth-order valence-electron chi connectivity index (χ4n) is 4.46. The van der Waals surface area contributed by atoms with Gasteiger partial charge in [-0.3, -0.25) is 9.36 Å². The molecule has 2 aromatic carbocycles. The van der Waals surface area contributed by atoms with E-state index in [1.807, 2.05) is 12.4 Å². The first-order chi connectivity index (χ1) is 15.2. The van der Waals surface area contributed by atoms with E-state index in [2.05, 4.69) is 64.3 Å². The Morgan fingerprint density at radius 1 is 1.00 bits per heavy atom.